The van der Waals surface area contributed by atoms with Crippen LogP contribution in [0.25, 0.3) is 16.7 Å². The van der Waals surface area contributed by atoms with Gasteiger partial charge in [-0.2, -0.15) is 0 Å². The monoisotopic (exact) mass is 287 g/mol. The molecule has 0 bridgehead atoms. The predicted octanol–water partition coefficient (Wildman–Crippen LogP) is 1.88. The van der Waals surface area contributed by atoms with E-state index in [4.69, 9.17) is 4.74 Å². The molecule has 21 heavy (non-hydrogen) atoms. The van der Waals surface area contributed by atoms with Crippen molar-refractivity contribution < 1.29 is 24.2 Å². The summed E-state index contributed by atoms with van der Waals surface area (Å²) in [5, 5.41) is 10.7. The Balaban J connectivity index is 2.55. The van der Waals surface area contributed by atoms with E-state index in [1.54, 1.807) is 30.5 Å². The SMILES string of the molecule is COC(=O)C(=O)/C=C(\O)c1ccc(OC)c2ncccc12. The highest BCUT2D eigenvalue weighted by Gasteiger charge is 2.15. The molecule has 0 unspecified atom stereocenters. The summed E-state index contributed by atoms with van der Waals surface area (Å²) in [6.45, 7) is 0. The molecule has 6 heteroatoms. The largest absolute Gasteiger partial charge is 0.507 e. The fraction of sp³-hybridized carbons (Fsp3) is 0.133. The molecule has 0 aliphatic heterocycles. The number of rotatable bonds is 4. The number of aliphatic hydroxyl groups is 1. The van der Waals surface area contributed by atoms with Crippen LogP contribution in [-0.2, 0) is 14.3 Å². The summed E-state index contributed by atoms with van der Waals surface area (Å²) in [6.07, 6.45) is 2.41. The molecule has 0 spiro atoms. The topological polar surface area (TPSA) is 85.7 Å². The summed E-state index contributed by atoms with van der Waals surface area (Å²) < 4.78 is 9.49. The Morgan fingerprint density at radius 3 is 2.67 bits per heavy atom. The van der Waals surface area contributed by atoms with Gasteiger partial charge in [-0.25, -0.2) is 4.79 Å². The third kappa shape index (κ3) is 2.84. The molecule has 108 valence electrons. The number of ether oxygens (including phenoxy) is 2. The van der Waals surface area contributed by atoms with E-state index < -0.39 is 11.8 Å². The summed E-state index contributed by atoms with van der Waals surface area (Å²) in [7, 11) is 2.61. The molecule has 1 heterocycles. The first kappa shape index (κ1) is 14.5. The third-order valence-electron chi connectivity index (χ3n) is 2.88. The number of carbonyl (C=O) groups is 2. The van der Waals surface area contributed by atoms with Crippen LogP contribution in [0.4, 0.5) is 0 Å². The summed E-state index contributed by atoms with van der Waals surface area (Å²) in [5.41, 5.74) is 0.916. The molecule has 1 N–H and O–H groups in total. The van der Waals surface area contributed by atoms with Crippen LogP contribution in [0.15, 0.2) is 36.5 Å². The number of pyridine rings is 1. The molecule has 0 atom stereocenters. The average molecular weight is 287 g/mol. The molecule has 0 amide bonds. The fourth-order valence-corrected chi connectivity index (χ4v) is 1.90. The lowest BCUT2D eigenvalue weighted by molar-refractivity contribution is -0.149. The van der Waals surface area contributed by atoms with Crippen LogP contribution in [0.1, 0.15) is 5.56 Å². The lowest BCUT2D eigenvalue weighted by atomic mass is 10.1. The zero-order valence-electron chi connectivity index (χ0n) is 11.5. The van der Waals surface area contributed by atoms with Gasteiger partial charge in [-0.15, -0.1) is 0 Å². The van der Waals surface area contributed by atoms with E-state index in [-0.39, 0.29) is 5.76 Å². The molecule has 0 aliphatic carbocycles. The minimum atomic E-state index is -1.04. The van der Waals surface area contributed by atoms with E-state index >= 15 is 0 Å². The van der Waals surface area contributed by atoms with E-state index in [9.17, 15) is 14.7 Å². The van der Waals surface area contributed by atoms with Crippen molar-refractivity contribution in [1.29, 1.82) is 0 Å². The van der Waals surface area contributed by atoms with Gasteiger partial charge in [0, 0.05) is 23.2 Å². The van der Waals surface area contributed by atoms with Crippen LogP contribution in [0.2, 0.25) is 0 Å². The van der Waals surface area contributed by atoms with Crippen LogP contribution >= 0.6 is 0 Å². The smallest absolute Gasteiger partial charge is 0.378 e. The first-order valence-corrected chi connectivity index (χ1v) is 6.03. The molecule has 2 aromatic rings. The number of hydrogen-bond acceptors (Lipinski definition) is 6. The molecular formula is C15H13NO5. The lowest BCUT2D eigenvalue weighted by Crippen LogP contribution is -2.13. The Morgan fingerprint density at radius 2 is 2.00 bits per heavy atom. The van der Waals surface area contributed by atoms with Gasteiger partial charge in [0.1, 0.15) is 17.0 Å². The lowest BCUT2D eigenvalue weighted by Gasteiger charge is -2.08. The first-order chi connectivity index (χ1) is 10.1. The number of methoxy groups -OCH3 is 2. The van der Waals surface area contributed by atoms with Gasteiger partial charge in [-0.1, -0.05) is 6.07 Å². The number of benzene rings is 1. The highest BCUT2D eigenvalue weighted by molar-refractivity contribution is 6.39. The zero-order chi connectivity index (χ0) is 15.4. The molecule has 0 fully saturated rings. The van der Waals surface area contributed by atoms with Crippen molar-refractivity contribution in [3.05, 3.63) is 42.1 Å². The number of aliphatic hydroxyl groups excluding tert-OH is 1. The Kier molecular flexibility index (Phi) is 4.18. The number of esters is 1. The average Bonchev–Trinajstić information content (AvgIpc) is 2.52. The van der Waals surface area contributed by atoms with Gasteiger partial charge < -0.3 is 14.6 Å². The van der Waals surface area contributed by atoms with Crippen LogP contribution in [0.3, 0.4) is 0 Å². The van der Waals surface area contributed by atoms with Gasteiger partial charge in [-0.05, 0) is 18.2 Å². The van der Waals surface area contributed by atoms with Crippen molar-refractivity contribution in [2.24, 2.45) is 0 Å². The number of carbonyl (C=O) groups excluding carboxylic acids is 2. The molecule has 0 saturated heterocycles. The molecule has 1 aromatic carbocycles. The fourth-order valence-electron chi connectivity index (χ4n) is 1.90. The Hall–Kier alpha value is -2.89. The second-order valence-corrected chi connectivity index (χ2v) is 4.10. The first-order valence-electron chi connectivity index (χ1n) is 6.03. The maximum atomic E-state index is 11.5. The summed E-state index contributed by atoms with van der Waals surface area (Å²) in [4.78, 5) is 26.7. The number of fused-ring (bicyclic) bond motifs is 1. The maximum Gasteiger partial charge on any atom is 0.378 e. The normalized spacial score (nSPS) is 11.2. The van der Waals surface area contributed by atoms with E-state index in [1.807, 2.05) is 0 Å². The van der Waals surface area contributed by atoms with E-state index in [0.717, 1.165) is 13.2 Å². The molecule has 0 saturated carbocycles. The molecule has 0 radical (unpaired) electrons. The van der Waals surface area contributed by atoms with Crippen molar-refractivity contribution in [2.75, 3.05) is 14.2 Å². The minimum Gasteiger partial charge on any atom is -0.507 e. The minimum absolute atomic E-state index is 0.342. The van der Waals surface area contributed by atoms with Crippen molar-refractivity contribution in [1.82, 2.24) is 4.98 Å². The molecule has 2 rings (SSSR count). The van der Waals surface area contributed by atoms with Crippen molar-refractivity contribution >= 4 is 28.4 Å². The molecule has 6 nitrogen and oxygen atoms in total. The van der Waals surface area contributed by atoms with Crippen LogP contribution in [0.5, 0.6) is 5.75 Å². The van der Waals surface area contributed by atoms with Gasteiger partial charge in [0.05, 0.1) is 14.2 Å². The van der Waals surface area contributed by atoms with Crippen LogP contribution in [-0.4, -0.2) is 36.1 Å². The maximum absolute atomic E-state index is 11.5. The quantitative estimate of drug-likeness (QED) is 0.400. The van der Waals surface area contributed by atoms with Crippen molar-refractivity contribution in [2.45, 2.75) is 0 Å². The van der Waals surface area contributed by atoms with E-state index in [0.29, 0.717) is 22.2 Å². The highest BCUT2D eigenvalue weighted by Crippen LogP contribution is 2.29. The second-order valence-electron chi connectivity index (χ2n) is 4.10. The molecule has 1 aromatic heterocycles. The zero-order valence-corrected chi connectivity index (χ0v) is 11.5. The van der Waals surface area contributed by atoms with Gasteiger partial charge in [0.2, 0.25) is 0 Å². The summed E-state index contributed by atoms with van der Waals surface area (Å²) in [5.74, 6) is -1.78. The predicted molar refractivity (Wildman–Crippen MR) is 75.9 cm³/mol. The number of hydrogen-bond donors (Lipinski definition) is 1. The van der Waals surface area contributed by atoms with Crippen molar-refractivity contribution in [3.63, 3.8) is 0 Å². The van der Waals surface area contributed by atoms with Gasteiger partial charge in [-0.3, -0.25) is 9.78 Å². The number of nitrogens with zero attached hydrogens (tertiary/aromatic N) is 1. The highest BCUT2D eigenvalue weighted by atomic mass is 16.5. The van der Waals surface area contributed by atoms with Gasteiger partial charge in [0.25, 0.3) is 5.78 Å². The van der Waals surface area contributed by atoms with Crippen molar-refractivity contribution in [3.8, 4) is 5.75 Å². The van der Waals surface area contributed by atoms with E-state index in [2.05, 4.69) is 9.72 Å². The van der Waals surface area contributed by atoms with Crippen LogP contribution < -0.4 is 4.74 Å². The Labute approximate surface area is 120 Å². The molecule has 0 aliphatic rings. The number of aromatic nitrogens is 1. The Morgan fingerprint density at radius 1 is 1.24 bits per heavy atom. The standard InChI is InChI=1S/C15H13NO5/c1-20-13-6-5-9(10-4-3-7-16-14(10)13)11(17)8-12(18)15(19)21-2/h3-8,17H,1-2H3/b11-8-. The Bertz CT molecular complexity index is 736. The molecular weight excluding hydrogens is 274 g/mol. The van der Waals surface area contributed by atoms with Gasteiger partial charge >= 0.3 is 5.97 Å². The summed E-state index contributed by atoms with van der Waals surface area (Å²) in [6, 6.07) is 6.63. The van der Waals surface area contributed by atoms with E-state index in [1.165, 1.54) is 7.11 Å². The number of ketones is 1. The third-order valence-corrected chi connectivity index (χ3v) is 2.88. The van der Waals surface area contributed by atoms with Gasteiger partial charge in [0.15, 0.2) is 0 Å². The second kappa shape index (κ2) is 6.04. The summed E-state index contributed by atoms with van der Waals surface area (Å²) >= 11 is 0. The van der Waals surface area contributed by atoms with Crippen LogP contribution in [0, 0.1) is 0 Å².